The molecule has 2 aromatic heterocycles. The first kappa shape index (κ1) is 21.3. The highest BCUT2D eigenvalue weighted by molar-refractivity contribution is 9.10. The molecule has 0 saturated heterocycles. The second-order valence-corrected chi connectivity index (χ2v) is 7.74. The van der Waals surface area contributed by atoms with Gasteiger partial charge in [0.25, 0.3) is 11.8 Å². The number of anilines is 2. The molecular weight excluding hydrogens is 476 g/mol. The van der Waals surface area contributed by atoms with Crippen molar-refractivity contribution in [2.45, 2.75) is 6.73 Å². The Labute approximate surface area is 192 Å². The van der Waals surface area contributed by atoms with E-state index in [1.807, 2.05) is 24.3 Å². The fourth-order valence-electron chi connectivity index (χ4n) is 2.79. The minimum atomic E-state index is -0.349. The van der Waals surface area contributed by atoms with Gasteiger partial charge >= 0.3 is 0 Å². The lowest BCUT2D eigenvalue weighted by Crippen LogP contribution is -2.15. The Bertz CT molecular complexity index is 1230. The van der Waals surface area contributed by atoms with Crippen molar-refractivity contribution in [3.05, 3.63) is 88.9 Å². The number of benzene rings is 2. The average molecular weight is 495 g/mol. The molecule has 0 aliphatic heterocycles. The summed E-state index contributed by atoms with van der Waals surface area (Å²) in [6.45, 7) is 0.180. The molecule has 2 heterocycles. The Kier molecular flexibility index (Phi) is 6.31. The molecule has 0 aliphatic rings. The second kappa shape index (κ2) is 9.48. The average Bonchev–Trinajstić information content (AvgIpc) is 3.44. The summed E-state index contributed by atoms with van der Waals surface area (Å²) in [5.74, 6) is 0.0425. The maximum absolute atomic E-state index is 12.5. The van der Waals surface area contributed by atoms with Crippen molar-refractivity contribution < 1.29 is 14.3 Å². The largest absolute Gasteiger partial charge is 0.471 e. The molecule has 0 saturated carbocycles. The van der Waals surface area contributed by atoms with Crippen LogP contribution in [0.15, 0.2) is 77.5 Å². The normalized spacial score (nSPS) is 10.6. The van der Waals surface area contributed by atoms with Crippen LogP contribution in [0.25, 0.3) is 0 Å². The minimum Gasteiger partial charge on any atom is -0.471 e. The van der Waals surface area contributed by atoms with Gasteiger partial charge in [0.2, 0.25) is 0 Å². The smallest absolute Gasteiger partial charge is 0.276 e. The predicted molar refractivity (Wildman–Crippen MR) is 123 cm³/mol. The Morgan fingerprint density at radius 1 is 0.844 bits per heavy atom. The lowest BCUT2D eigenvalue weighted by Gasteiger charge is -2.07. The van der Waals surface area contributed by atoms with Crippen LogP contribution >= 0.6 is 15.9 Å². The van der Waals surface area contributed by atoms with Crippen LogP contribution in [0.5, 0.6) is 5.75 Å². The Balaban J connectivity index is 1.30. The van der Waals surface area contributed by atoms with Crippen molar-refractivity contribution in [2.75, 3.05) is 10.6 Å². The molecule has 2 aromatic carbocycles. The molecule has 0 unspecified atom stereocenters. The number of carbonyl (C=O) groups is 2. The molecule has 2 amide bonds. The molecular formula is C22H19BrN6O3. The van der Waals surface area contributed by atoms with Gasteiger partial charge in [-0.3, -0.25) is 14.3 Å². The van der Waals surface area contributed by atoms with Gasteiger partial charge in [0.15, 0.2) is 18.1 Å². The zero-order valence-corrected chi connectivity index (χ0v) is 18.6. The number of nitrogens with zero attached hydrogens (tertiary/aromatic N) is 4. The highest BCUT2D eigenvalue weighted by Gasteiger charge is 2.12. The molecule has 4 aromatic rings. The summed E-state index contributed by atoms with van der Waals surface area (Å²) in [6.07, 6.45) is 3.37. The summed E-state index contributed by atoms with van der Waals surface area (Å²) >= 11 is 3.37. The Morgan fingerprint density at radius 2 is 1.41 bits per heavy atom. The Hall–Kier alpha value is -3.92. The van der Waals surface area contributed by atoms with E-state index in [-0.39, 0.29) is 24.2 Å². The molecule has 0 bridgehead atoms. The van der Waals surface area contributed by atoms with Crippen LogP contribution in [-0.4, -0.2) is 31.4 Å². The predicted octanol–water partition coefficient (Wildman–Crippen LogP) is 3.92. The van der Waals surface area contributed by atoms with Crippen LogP contribution in [-0.2, 0) is 13.8 Å². The summed E-state index contributed by atoms with van der Waals surface area (Å²) in [4.78, 5) is 24.6. The number of amides is 2. The van der Waals surface area contributed by atoms with E-state index in [9.17, 15) is 9.59 Å². The van der Waals surface area contributed by atoms with Gasteiger partial charge in [0.1, 0.15) is 5.75 Å². The standard InChI is InChI=1S/C22H19BrN6O3/c1-28-12-10-19(26-28)21(30)24-16-4-6-17(7-5-16)25-22(31)20-11-13-29(27-20)14-32-18-8-2-15(23)3-9-18/h2-13H,14H2,1H3,(H,24,30)(H,25,31). The minimum absolute atomic E-state index is 0.180. The van der Waals surface area contributed by atoms with Gasteiger partial charge < -0.3 is 15.4 Å². The lowest BCUT2D eigenvalue weighted by atomic mass is 10.2. The number of hydrogen-bond donors (Lipinski definition) is 2. The number of nitrogens with one attached hydrogen (secondary N) is 2. The fourth-order valence-corrected chi connectivity index (χ4v) is 3.05. The number of halogens is 1. The van der Waals surface area contributed by atoms with Crippen molar-refractivity contribution in [3.63, 3.8) is 0 Å². The van der Waals surface area contributed by atoms with Crippen molar-refractivity contribution in [1.82, 2.24) is 19.6 Å². The molecule has 0 spiro atoms. The third kappa shape index (κ3) is 5.41. The topological polar surface area (TPSA) is 103 Å². The van der Waals surface area contributed by atoms with E-state index in [0.717, 1.165) is 4.47 Å². The van der Waals surface area contributed by atoms with Crippen LogP contribution in [0.4, 0.5) is 11.4 Å². The molecule has 9 nitrogen and oxygen atoms in total. The molecule has 32 heavy (non-hydrogen) atoms. The summed E-state index contributed by atoms with van der Waals surface area (Å²) in [5, 5.41) is 13.8. The van der Waals surface area contributed by atoms with E-state index in [4.69, 9.17) is 4.74 Å². The van der Waals surface area contributed by atoms with Crippen LogP contribution in [0.3, 0.4) is 0 Å². The van der Waals surface area contributed by atoms with E-state index < -0.39 is 0 Å². The summed E-state index contributed by atoms with van der Waals surface area (Å²) in [6, 6.07) is 17.5. The zero-order chi connectivity index (χ0) is 22.5. The molecule has 162 valence electrons. The van der Waals surface area contributed by atoms with Gasteiger partial charge in [-0.15, -0.1) is 0 Å². The highest BCUT2D eigenvalue weighted by Crippen LogP contribution is 2.17. The van der Waals surface area contributed by atoms with Gasteiger partial charge in [-0.05, 0) is 60.7 Å². The second-order valence-electron chi connectivity index (χ2n) is 6.83. The van der Waals surface area contributed by atoms with E-state index in [1.165, 1.54) is 4.68 Å². The van der Waals surface area contributed by atoms with Crippen molar-refractivity contribution in [3.8, 4) is 5.75 Å². The van der Waals surface area contributed by atoms with E-state index in [1.54, 1.807) is 60.5 Å². The van der Waals surface area contributed by atoms with Crippen LogP contribution in [0.2, 0.25) is 0 Å². The highest BCUT2D eigenvalue weighted by atomic mass is 79.9. The first-order valence-corrected chi connectivity index (χ1v) is 10.4. The molecule has 2 N–H and O–H groups in total. The SMILES string of the molecule is Cn1ccc(C(=O)Nc2ccc(NC(=O)c3ccn(COc4ccc(Br)cc4)n3)cc2)n1. The lowest BCUT2D eigenvalue weighted by molar-refractivity contribution is 0.101. The van der Waals surface area contributed by atoms with Crippen LogP contribution < -0.4 is 15.4 Å². The number of ether oxygens (including phenoxy) is 1. The number of aryl methyl sites for hydroxylation is 1. The van der Waals surface area contributed by atoms with Crippen molar-refractivity contribution in [1.29, 1.82) is 0 Å². The molecule has 10 heteroatoms. The quantitative estimate of drug-likeness (QED) is 0.405. The van der Waals surface area contributed by atoms with E-state index in [2.05, 4.69) is 36.8 Å². The first-order chi connectivity index (χ1) is 15.5. The van der Waals surface area contributed by atoms with Gasteiger partial charge in [-0.25, -0.2) is 4.68 Å². The maximum Gasteiger partial charge on any atom is 0.276 e. The fraction of sp³-hybridized carbons (Fsp3) is 0.0909. The van der Waals surface area contributed by atoms with Crippen molar-refractivity contribution in [2.24, 2.45) is 7.05 Å². The summed E-state index contributed by atoms with van der Waals surface area (Å²) in [5.41, 5.74) is 1.75. The van der Waals surface area contributed by atoms with E-state index >= 15 is 0 Å². The maximum atomic E-state index is 12.5. The van der Waals surface area contributed by atoms with Crippen molar-refractivity contribution >= 4 is 39.1 Å². The number of aromatic nitrogens is 4. The number of carbonyl (C=O) groups excluding carboxylic acids is 2. The van der Waals surface area contributed by atoms with Gasteiger partial charge in [-0.2, -0.15) is 10.2 Å². The monoisotopic (exact) mass is 494 g/mol. The third-order valence-corrected chi connectivity index (χ3v) is 4.93. The Morgan fingerprint density at radius 3 is 1.97 bits per heavy atom. The molecule has 0 radical (unpaired) electrons. The van der Waals surface area contributed by atoms with Gasteiger partial charge in [0.05, 0.1) is 0 Å². The first-order valence-electron chi connectivity index (χ1n) is 9.60. The van der Waals surface area contributed by atoms with Gasteiger partial charge in [0, 0.05) is 35.3 Å². The third-order valence-electron chi connectivity index (χ3n) is 4.40. The number of rotatable bonds is 7. The van der Waals surface area contributed by atoms with E-state index in [0.29, 0.717) is 22.8 Å². The van der Waals surface area contributed by atoms with Gasteiger partial charge in [-0.1, -0.05) is 15.9 Å². The molecule has 0 atom stereocenters. The van der Waals surface area contributed by atoms with Crippen LogP contribution in [0, 0.1) is 0 Å². The zero-order valence-electron chi connectivity index (χ0n) is 17.0. The molecule has 4 rings (SSSR count). The molecule has 0 aliphatic carbocycles. The van der Waals surface area contributed by atoms with Crippen LogP contribution in [0.1, 0.15) is 21.0 Å². The summed E-state index contributed by atoms with van der Waals surface area (Å²) in [7, 11) is 1.74. The summed E-state index contributed by atoms with van der Waals surface area (Å²) < 4.78 is 9.70. The number of hydrogen-bond acceptors (Lipinski definition) is 5. The molecule has 0 fully saturated rings.